The highest BCUT2D eigenvalue weighted by Crippen LogP contribution is 2.02. The minimum atomic E-state index is -0.915. The van der Waals surface area contributed by atoms with Crippen LogP contribution >= 0.6 is 0 Å². The summed E-state index contributed by atoms with van der Waals surface area (Å²) in [6, 6.07) is 0. The number of carbonyl (C=O) groups is 2. The summed E-state index contributed by atoms with van der Waals surface area (Å²) >= 11 is 0. The fourth-order valence-electron chi connectivity index (χ4n) is 1.30. The maximum atomic E-state index is 11.6. The van der Waals surface area contributed by atoms with Gasteiger partial charge >= 0.3 is 12.1 Å². The summed E-state index contributed by atoms with van der Waals surface area (Å²) < 4.78 is 4.89. The lowest BCUT2D eigenvalue weighted by Gasteiger charge is -2.20. The van der Waals surface area contributed by atoms with Gasteiger partial charge in [0.15, 0.2) is 0 Å². The van der Waals surface area contributed by atoms with Crippen molar-refractivity contribution in [3.63, 3.8) is 0 Å². The number of ether oxygens (including phenoxy) is 1. The van der Waals surface area contributed by atoms with Crippen molar-refractivity contribution in [1.82, 2.24) is 4.90 Å². The Hall–Kier alpha value is -1.52. The van der Waals surface area contributed by atoms with Crippen molar-refractivity contribution in [3.8, 4) is 0 Å². The molecule has 0 rings (SSSR count). The average molecular weight is 243 g/mol. The Labute approximate surface area is 102 Å². The number of carboxylic acid groups (broad SMARTS) is 1. The van der Waals surface area contributed by atoms with Crippen LogP contribution in [0.1, 0.15) is 32.6 Å². The van der Waals surface area contributed by atoms with Crippen LogP contribution in [0.4, 0.5) is 4.79 Å². The largest absolute Gasteiger partial charge is 0.481 e. The fraction of sp³-hybridized carbons (Fsp3) is 0.667. The van der Waals surface area contributed by atoms with Crippen molar-refractivity contribution in [2.75, 3.05) is 19.7 Å². The van der Waals surface area contributed by atoms with Gasteiger partial charge in [-0.15, -0.1) is 0 Å². The Morgan fingerprint density at radius 3 is 2.59 bits per heavy atom. The predicted molar refractivity (Wildman–Crippen MR) is 64.9 cm³/mol. The smallest absolute Gasteiger partial charge is 0.410 e. The van der Waals surface area contributed by atoms with Gasteiger partial charge in [0.25, 0.3) is 0 Å². The van der Waals surface area contributed by atoms with Gasteiger partial charge in [-0.25, -0.2) is 4.79 Å². The first-order valence-electron chi connectivity index (χ1n) is 5.86. The molecule has 0 saturated heterocycles. The number of hydrogen-bond donors (Lipinski definition) is 1. The van der Waals surface area contributed by atoms with Crippen molar-refractivity contribution in [1.29, 1.82) is 0 Å². The fourth-order valence-corrected chi connectivity index (χ4v) is 1.30. The highest BCUT2D eigenvalue weighted by atomic mass is 16.6. The van der Waals surface area contributed by atoms with Gasteiger partial charge < -0.3 is 14.7 Å². The van der Waals surface area contributed by atoms with E-state index in [-0.39, 0.29) is 19.6 Å². The van der Waals surface area contributed by atoms with E-state index in [1.54, 1.807) is 0 Å². The second-order valence-corrected chi connectivity index (χ2v) is 3.70. The molecule has 0 saturated carbocycles. The van der Waals surface area contributed by atoms with E-state index in [2.05, 4.69) is 13.5 Å². The third-order valence-electron chi connectivity index (χ3n) is 2.21. The van der Waals surface area contributed by atoms with Crippen molar-refractivity contribution in [3.05, 3.63) is 12.7 Å². The van der Waals surface area contributed by atoms with Crippen LogP contribution in [-0.4, -0.2) is 41.8 Å². The predicted octanol–water partition coefficient (Wildman–Crippen LogP) is 2.28. The van der Waals surface area contributed by atoms with Crippen LogP contribution in [-0.2, 0) is 9.53 Å². The monoisotopic (exact) mass is 243 g/mol. The summed E-state index contributed by atoms with van der Waals surface area (Å²) in [6.07, 6.45) is 3.88. The number of carboxylic acids is 1. The van der Waals surface area contributed by atoms with Crippen molar-refractivity contribution in [2.24, 2.45) is 0 Å². The zero-order chi connectivity index (χ0) is 13.1. The molecule has 5 nitrogen and oxygen atoms in total. The molecule has 0 atom stereocenters. The second-order valence-electron chi connectivity index (χ2n) is 3.70. The molecule has 0 aliphatic carbocycles. The SMILES string of the molecule is C=CCOC(=O)N(CCCCC)CCC(=O)O. The van der Waals surface area contributed by atoms with Crippen molar-refractivity contribution in [2.45, 2.75) is 32.6 Å². The van der Waals surface area contributed by atoms with Crippen LogP contribution in [0.15, 0.2) is 12.7 Å². The molecule has 0 radical (unpaired) electrons. The van der Waals surface area contributed by atoms with E-state index >= 15 is 0 Å². The number of carbonyl (C=O) groups excluding carboxylic acids is 1. The summed E-state index contributed by atoms with van der Waals surface area (Å²) in [6.45, 7) is 6.40. The molecular formula is C12H21NO4. The Kier molecular flexibility index (Phi) is 8.82. The first-order valence-corrected chi connectivity index (χ1v) is 5.86. The number of rotatable bonds is 9. The Balaban J connectivity index is 4.11. The van der Waals surface area contributed by atoms with Crippen molar-refractivity contribution >= 4 is 12.1 Å². The van der Waals surface area contributed by atoms with E-state index in [1.165, 1.54) is 11.0 Å². The Bertz CT molecular complexity index is 253. The maximum absolute atomic E-state index is 11.6. The molecule has 98 valence electrons. The summed E-state index contributed by atoms with van der Waals surface area (Å²) in [4.78, 5) is 23.5. The van der Waals surface area contributed by atoms with E-state index in [0.29, 0.717) is 6.54 Å². The van der Waals surface area contributed by atoms with Gasteiger partial charge in [-0.1, -0.05) is 32.4 Å². The average Bonchev–Trinajstić information content (AvgIpc) is 2.30. The normalized spacial score (nSPS) is 9.71. The van der Waals surface area contributed by atoms with Crippen LogP contribution in [0, 0.1) is 0 Å². The third kappa shape index (κ3) is 8.30. The van der Waals surface area contributed by atoms with Gasteiger partial charge in [-0.2, -0.15) is 0 Å². The van der Waals surface area contributed by atoms with E-state index < -0.39 is 12.1 Å². The first-order chi connectivity index (χ1) is 8.11. The van der Waals surface area contributed by atoms with Crippen LogP contribution in [0.5, 0.6) is 0 Å². The molecule has 0 aromatic carbocycles. The van der Waals surface area contributed by atoms with Crippen molar-refractivity contribution < 1.29 is 19.4 Å². The van der Waals surface area contributed by atoms with Gasteiger partial charge in [-0.05, 0) is 6.42 Å². The molecule has 0 heterocycles. The van der Waals surface area contributed by atoms with Gasteiger partial charge in [-0.3, -0.25) is 4.79 Å². The van der Waals surface area contributed by atoms with Gasteiger partial charge in [0.2, 0.25) is 0 Å². The standard InChI is InChI=1S/C12H21NO4/c1-3-5-6-8-13(9-7-11(14)15)12(16)17-10-4-2/h4H,2-3,5-10H2,1H3,(H,14,15). The number of amides is 1. The topological polar surface area (TPSA) is 66.8 Å². The van der Waals surface area contributed by atoms with Crippen LogP contribution in [0.25, 0.3) is 0 Å². The molecule has 5 heteroatoms. The van der Waals surface area contributed by atoms with Crippen LogP contribution in [0.3, 0.4) is 0 Å². The van der Waals surface area contributed by atoms with Gasteiger partial charge in [0.1, 0.15) is 6.61 Å². The maximum Gasteiger partial charge on any atom is 0.410 e. The van der Waals surface area contributed by atoms with E-state index in [1.807, 2.05) is 0 Å². The second kappa shape index (κ2) is 9.69. The molecule has 0 fully saturated rings. The number of nitrogens with zero attached hydrogens (tertiary/aromatic N) is 1. The van der Waals surface area contributed by atoms with Gasteiger partial charge in [0.05, 0.1) is 6.42 Å². The Morgan fingerprint density at radius 2 is 2.06 bits per heavy atom. The van der Waals surface area contributed by atoms with Crippen LogP contribution in [0.2, 0.25) is 0 Å². The highest BCUT2D eigenvalue weighted by molar-refractivity contribution is 5.70. The minimum Gasteiger partial charge on any atom is -0.481 e. The molecule has 1 N–H and O–H groups in total. The zero-order valence-electron chi connectivity index (χ0n) is 10.4. The summed E-state index contributed by atoms with van der Waals surface area (Å²) in [7, 11) is 0. The zero-order valence-corrected chi connectivity index (χ0v) is 10.4. The summed E-state index contributed by atoms with van der Waals surface area (Å²) in [5.41, 5.74) is 0. The molecular weight excluding hydrogens is 222 g/mol. The van der Waals surface area contributed by atoms with E-state index in [0.717, 1.165) is 19.3 Å². The third-order valence-corrected chi connectivity index (χ3v) is 2.21. The molecule has 0 bridgehead atoms. The molecule has 0 unspecified atom stereocenters. The van der Waals surface area contributed by atoms with Crippen LogP contribution < -0.4 is 0 Å². The van der Waals surface area contributed by atoms with Gasteiger partial charge in [0, 0.05) is 13.1 Å². The van der Waals surface area contributed by atoms with E-state index in [9.17, 15) is 9.59 Å². The highest BCUT2D eigenvalue weighted by Gasteiger charge is 2.15. The Morgan fingerprint density at radius 1 is 1.35 bits per heavy atom. The van der Waals surface area contributed by atoms with E-state index in [4.69, 9.17) is 9.84 Å². The lowest BCUT2D eigenvalue weighted by molar-refractivity contribution is -0.137. The summed E-state index contributed by atoms with van der Waals surface area (Å²) in [5.74, 6) is -0.915. The lowest BCUT2D eigenvalue weighted by Crippen LogP contribution is -2.34. The number of aliphatic carboxylic acids is 1. The molecule has 0 spiro atoms. The quantitative estimate of drug-likeness (QED) is 0.498. The minimum absolute atomic E-state index is 0.0602. The molecule has 17 heavy (non-hydrogen) atoms. The summed E-state index contributed by atoms with van der Waals surface area (Å²) in [5, 5.41) is 8.60. The molecule has 0 aromatic heterocycles. The molecule has 0 aliphatic rings. The molecule has 0 aliphatic heterocycles. The lowest BCUT2D eigenvalue weighted by atomic mass is 10.2. The first kappa shape index (κ1) is 15.5. The number of hydrogen-bond acceptors (Lipinski definition) is 3. The number of unbranched alkanes of at least 4 members (excludes halogenated alkanes) is 2. The molecule has 0 aromatic rings. The molecule has 1 amide bonds.